The summed E-state index contributed by atoms with van der Waals surface area (Å²) in [4.78, 5) is 0. The molecule has 5 heteroatoms. The Morgan fingerprint density at radius 3 is 2.68 bits per heavy atom. The molecule has 1 aromatic carbocycles. The summed E-state index contributed by atoms with van der Waals surface area (Å²) in [7, 11) is 0. The topological polar surface area (TPSA) is 36.3 Å². The smallest absolute Gasteiger partial charge is 0.184 e. The molecule has 2 aromatic rings. The highest BCUT2D eigenvalue weighted by atomic mass is 35.5. The van der Waals surface area contributed by atoms with Crippen molar-refractivity contribution in [3.63, 3.8) is 0 Å². The summed E-state index contributed by atoms with van der Waals surface area (Å²) in [6.45, 7) is 1.52. The van der Waals surface area contributed by atoms with Crippen molar-refractivity contribution in [2.45, 2.75) is 18.9 Å². The molecule has 0 atom stereocenters. The van der Waals surface area contributed by atoms with Crippen molar-refractivity contribution in [1.29, 1.82) is 0 Å². The van der Waals surface area contributed by atoms with Crippen LogP contribution in [0.2, 0.25) is 5.15 Å². The fraction of sp³-hybridized carbons (Fsp3) is 0.357. The van der Waals surface area contributed by atoms with Crippen LogP contribution in [0.25, 0.3) is 0 Å². The van der Waals surface area contributed by atoms with Crippen LogP contribution in [0.1, 0.15) is 18.9 Å². The number of rotatable bonds is 3. The lowest BCUT2D eigenvalue weighted by Gasteiger charge is -2.22. The SMILES string of the molecule is Clc1c(Oc2ccccc2)cnn1C1CCOCC1. The number of ether oxygens (including phenoxy) is 2. The first-order chi connectivity index (χ1) is 9.34. The molecule has 0 amide bonds. The lowest BCUT2D eigenvalue weighted by molar-refractivity contribution is 0.0663. The van der Waals surface area contributed by atoms with E-state index in [4.69, 9.17) is 21.1 Å². The molecule has 0 saturated carbocycles. The zero-order chi connectivity index (χ0) is 13.1. The summed E-state index contributed by atoms with van der Waals surface area (Å²) in [5.74, 6) is 1.36. The van der Waals surface area contributed by atoms with Gasteiger partial charge in [0.25, 0.3) is 0 Å². The molecule has 1 aliphatic heterocycles. The van der Waals surface area contributed by atoms with Gasteiger partial charge in [0.2, 0.25) is 0 Å². The summed E-state index contributed by atoms with van der Waals surface area (Å²) < 4.78 is 12.9. The van der Waals surface area contributed by atoms with Crippen molar-refractivity contribution in [2.24, 2.45) is 0 Å². The van der Waals surface area contributed by atoms with E-state index < -0.39 is 0 Å². The van der Waals surface area contributed by atoms with Crippen LogP contribution in [-0.4, -0.2) is 23.0 Å². The minimum absolute atomic E-state index is 0.300. The summed E-state index contributed by atoms with van der Waals surface area (Å²) in [5, 5.41) is 4.89. The van der Waals surface area contributed by atoms with Crippen molar-refractivity contribution in [2.75, 3.05) is 13.2 Å². The van der Waals surface area contributed by atoms with Crippen LogP contribution in [0.15, 0.2) is 36.5 Å². The summed E-state index contributed by atoms with van der Waals surface area (Å²) in [6.07, 6.45) is 3.54. The molecular weight excluding hydrogens is 264 g/mol. The second kappa shape index (κ2) is 5.63. The number of para-hydroxylation sites is 1. The van der Waals surface area contributed by atoms with Crippen molar-refractivity contribution in [1.82, 2.24) is 9.78 Å². The van der Waals surface area contributed by atoms with Crippen LogP contribution in [0, 0.1) is 0 Å². The van der Waals surface area contributed by atoms with Crippen LogP contribution in [0.5, 0.6) is 11.5 Å². The summed E-state index contributed by atoms with van der Waals surface area (Å²) >= 11 is 6.34. The van der Waals surface area contributed by atoms with E-state index in [9.17, 15) is 0 Å². The van der Waals surface area contributed by atoms with Gasteiger partial charge in [0.15, 0.2) is 10.9 Å². The molecule has 1 aromatic heterocycles. The van der Waals surface area contributed by atoms with Gasteiger partial charge in [-0.1, -0.05) is 29.8 Å². The molecule has 1 aliphatic rings. The maximum atomic E-state index is 6.34. The Bertz CT molecular complexity index is 536. The second-order valence-corrected chi connectivity index (χ2v) is 4.86. The zero-order valence-electron chi connectivity index (χ0n) is 10.5. The molecule has 0 bridgehead atoms. The standard InChI is InChI=1S/C14H15ClN2O2/c15-14-13(19-12-4-2-1-3-5-12)10-16-17(14)11-6-8-18-9-7-11/h1-5,10-11H,6-9H2. The van der Waals surface area contributed by atoms with Gasteiger partial charge in [0.1, 0.15) is 5.75 Å². The molecule has 4 nitrogen and oxygen atoms in total. The molecule has 0 unspecified atom stereocenters. The molecule has 100 valence electrons. The van der Waals surface area contributed by atoms with Gasteiger partial charge in [-0.3, -0.25) is 0 Å². The highest BCUT2D eigenvalue weighted by molar-refractivity contribution is 6.31. The Hall–Kier alpha value is -1.52. The third kappa shape index (κ3) is 2.74. The van der Waals surface area contributed by atoms with Crippen molar-refractivity contribution >= 4 is 11.6 Å². The first-order valence-electron chi connectivity index (χ1n) is 6.38. The number of hydrogen-bond acceptors (Lipinski definition) is 3. The van der Waals surface area contributed by atoms with Crippen molar-refractivity contribution in [3.05, 3.63) is 41.7 Å². The quantitative estimate of drug-likeness (QED) is 0.859. The van der Waals surface area contributed by atoms with E-state index in [1.165, 1.54) is 0 Å². The third-order valence-electron chi connectivity index (χ3n) is 3.21. The number of hydrogen-bond donors (Lipinski definition) is 0. The third-order valence-corrected chi connectivity index (χ3v) is 3.57. The van der Waals surface area contributed by atoms with E-state index in [-0.39, 0.29) is 0 Å². The Kier molecular flexibility index (Phi) is 3.71. The average molecular weight is 279 g/mol. The van der Waals surface area contributed by atoms with Crippen LogP contribution < -0.4 is 4.74 Å². The Morgan fingerprint density at radius 2 is 1.95 bits per heavy atom. The van der Waals surface area contributed by atoms with Gasteiger partial charge in [-0.2, -0.15) is 5.10 Å². The normalized spacial score (nSPS) is 16.5. The van der Waals surface area contributed by atoms with Crippen LogP contribution in [0.3, 0.4) is 0 Å². The maximum absolute atomic E-state index is 6.34. The van der Waals surface area contributed by atoms with Gasteiger partial charge >= 0.3 is 0 Å². The van der Waals surface area contributed by atoms with E-state index in [1.807, 2.05) is 35.0 Å². The van der Waals surface area contributed by atoms with E-state index in [2.05, 4.69) is 5.10 Å². The summed E-state index contributed by atoms with van der Waals surface area (Å²) in [6, 6.07) is 9.87. The van der Waals surface area contributed by atoms with E-state index in [0.29, 0.717) is 16.9 Å². The Balaban J connectivity index is 1.78. The lowest BCUT2D eigenvalue weighted by Crippen LogP contribution is -2.20. The Labute approximate surface area is 116 Å². The Morgan fingerprint density at radius 1 is 1.21 bits per heavy atom. The minimum Gasteiger partial charge on any atom is -0.452 e. The molecule has 19 heavy (non-hydrogen) atoms. The van der Waals surface area contributed by atoms with Crippen LogP contribution in [0.4, 0.5) is 0 Å². The largest absolute Gasteiger partial charge is 0.452 e. The zero-order valence-corrected chi connectivity index (χ0v) is 11.2. The number of nitrogens with zero attached hydrogens (tertiary/aromatic N) is 2. The number of aromatic nitrogens is 2. The fourth-order valence-corrected chi connectivity index (χ4v) is 2.47. The predicted octanol–water partition coefficient (Wildman–Crippen LogP) is 3.68. The van der Waals surface area contributed by atoms with E-state index in [0.717, 1.165) is 31.8 Å². The predicted molar refractivity (Wildman–Crippen MR) is 72.8 cm³/mol. The van der Waals surface area contributed by atoms with Gasteiger partial charge in [0.05, 0.1) is 12.2 Å². The molecule has 1 saturated heterocycles. The molecular formula is C14H15ClN2O2. The molecule has 2 heterocycles. The fourth-order valence-electron chi connectivity index (χ4n) is 2.20. The number of benzene rings is 1. The first kappa shape index (κ1) is 12.5. The molecule has 0 aliphatic carbocycles. The number of halogens is 1. The first-order valence-corrected chi connectivity index (χ1v) is 6.76. The van der Waals surface area contributed by atoms with Crippen molar-refractivity contribution in [3.8, 4) is 11.5 Å². The van der Waals surface area contributed by atoms with E-state index in [1.54, 1.807) is 6.20 Å². The van der Waals surface area contributed by atoms with Crippen molar-refractivity contribution < 1.29 is 9.47 Å². The van der Waals surface area contributed by atoms with Gasteiger partial charge in [-0.15, -0.1) is 0 Å². The molecule has 3 rings (SSSR count). The van der Waals surface area contributed by atoms with Gasteiger partial charge < -0.3 is 9.47 Å². The van der Waals surface area contributed by atoms with Crippen LogP contribution >= 0.6 is 11.6 Å². The van der Waals surface area contributed by atoms with Crippen LogP contribution in [-0.2, 0) is 4.74 Å². The van der Waals surface area contributed by atoms with Gasteiger partial charge in [-0.25, -0.2) is 4.68 Å². The summed E-state index contributed by atoms with van der Waals surface area (Å²) in [5.41, 5.74) is 0. The second-order valence-electron chi connectivity index (χ2n) is 4.50. The minimum atomic E-state index is 0.300. The molecule has 0 radical (unpaired) electrons. The monoisotopic (exact) mass is 278 g/mol. The highest BCUT2D eigenvalue weighted by Gasteiger charge is 2.21. The molecule has 0 spiro atoms. The van der Waals surface area contributed by atoms with E-state index >= 15 is 0 Å². The maximum Gasteiger partial charge on any atom is 0.184 e. The molecule has 1 fully saturated rings. The molecule has 0 N–H and O–H groups in total. The van der Waals surface area contributed by atoms with Gasteiger partial charge in [-0.05, 0) is 25.0 Å². The lowest BCUT2D eigenvalue weighted by atomic mass is 10.1. The highest BCUT2D eigenvalue weighted by Crippen LogP contribution is 2.33. The van der Waals surface area contributed by atoms with Gasteiger partial charge in [0, 0.05) is 13.2 Å². The average Bonchev–Trinajstić information content (AvgIpc) is 2.82.